The minimum Gasteiger partial charge on any atom is -0.480 e. The molecular formula is C16H19ClN2O6. The van der Waals surface area contributed by atoms with E-state index in [2.05, 4.69) is 10.6 Å². The van der Waals surface area contributed by atoms with Gasteiger partial charge in [0.25, 0.3) is 5.91 Å². The highest BCUT2D eigenvalue weighted by Gasteiger charge is 2.34. The molecular weight excluding hydrogens is 352 g/mol. The smallest absolute Gasteiger partial charge is 0.408 e. The summed E-state index contributed by atoms with van der Waals surface area (Å²) in [6, 6.07) is 3.33. The maximum absolute atomic E-state index is 12.1. The summed E-state index contributed by atoms with van der Waals surface area (Å²) in [7, 11) is 0. The number of carbonyl (C=O) groups excluding carboxylic acids is 2. The third kappa shape index (κ3) is 5.25. The number of hydrogen-bond acceptors (Lipinski definition) is 5. The van der Waals surface area contributed by atoms with E-state index in [9.17, 15) is 19.5 Å². The molecule has 9 heteroatoms. The highest BCUT2D eigenvalue weighted by atomic mass is 35.5. The van der Waals surface area contributed by atoms with Gasteiger partial charge in [0.05, 0.1) is 5.69 Å². The van der Waals surface area contributed by atoms with Gasteiger partial charge in [0.15, 0.2) is 6.10 Å². The fourth-order valence-electron chi connectivity index (χ4n) is 2.16. The molecule has 0 radical (unpaired) electrons. The second-order valence-electron chi connectivity index (χ2n) is 6.51. The molecule has 1 aromatic rings. The van der Waals surface area contributed by atoms with Crippen LogP contribution in [0.15, 0.2) is 18.2 Å². The average Bonchev–Trinajstić information content (AvgIpc) is 2.45. The van der Waals surface area contributed by atoms with Crippen molar-refractivity contribution in [3.63, 3.8) is 0 Å². The van der Waals surface area contributed by atoms with E-state index in [1.165, 1.54) is 6.07 Å². The number of benzene rings is 1. The molecule has 1 aliphatic heterocycles. The quantitative estimate of drug-likeness (QED) is 0.749. The summed E-state index contributed by atoms with van der Waals surface area (Å²) in [5, 5.41) is 14.6. The van der Waals surface area contributed by atoms with Crippen molar-refractivity contribution in [2.24, 2.45) is 0 Å². The number of rotatable bonds is 4. The van der Waals surface area contributed by atoms with E-state index in [-0.39, 0.29) is 6.42 Å². The normalized spacial score (nSPS) is 17.6. The first kappa shape index (κ1) is 18.9. The van der Waals surface area contributed by atoms with Gasteiger partial charge in [-0.25, -0.2) is 9.59 Å². The third-order valence-corrected chi connectivity index (χ3v) is 3.44. The van der Waals surface area contributed by atoms with Crippen molar-refractivity contribution in [1.29, 1.82) is 0 Å². The number of carboxylic acids is 1. The third-order valence-electron chi connectivity index (χ3n) is 3.20. The van der Waals surface area contributed by atoms with Gasteiger partial charge in [-0.15, -0.1) is 0 Å². The molecule has 1 unspecified atom stereocenters. The summed E-state index contributed by atoms with van der Waals surface area (Å²) in [5.74, 6) is -1.48. The van der Waals surface area contributed by atoms with Crippen molar-refractivity contribution in [3.8, 4) is 5.75 Å². The van der Waals surface area contributed by atoms with Gasteiger partial charge < -0.3 is 25.2 Å². The molecule has 0 aliphatic carbocycles. The molecule has 0 saturated carbocycles. The van der Waals surface area contributed by atoms with Crippen LogP contribution in [0.25, 0.3) is 0 Å². The SMILES string of the molecule is CC(C)(C)OC(=O)NC(C[C@@H]1Oc2cc(Cl)ccc2NC1=O)C(=O)O. The van der Waals surface area contributed by atoms with Gasteiger partial charge in [-0.05, 0) is 32.9 Å². The summed E-state index contributed by atoms with van der Waals surface area (Å²) >= 11 is 5.89. The zero-order valence-corrected chi connectivity index (χ0v) is 14.7. The highest BCUT2D eigenvalue weighted by Crippen LogP contribution is 2.33. The lowest BCUT2D eigenvalue weighted by Crippen LogP contribution is -2.48. The Bertz CT molecular complexity index is 700. The number of nitrogens with one attached hydrogen (secondary N) is 2. The lowest BCUT2D eigenvalue weighted by atomic mass is 10.1. The summed E-state index contributed by atoms with van der Waals surface area (Å²) in [6.45, 7) is 4.96. The number of aliphatic carboxylic acids is 1. The molecule has 2 rings (SSSR count). The van der Waals surface area contributed by atoms with E-state index in [4.69, 9.17) is 21.1 Å². The number of halogens is 1. The van der Waals surface area contributed by atoms with Gasteiger partial charge in [-0.2, -0.15) is 0 Å². The van der Waals surface area contributed by atoms with Crippen LogP contribution in [0.1, 0.15) is 27.2 Å². The maximum Gasteiger partial charge on any atom is 0.408 e. The highest BCUT2D eigenvalue weighted by molar-refractivity contribution is 6.30. The molecule has 2 amide bonds. The second kappa shape index (κ2) is 7.18. The summed E-state index contributed by atoms with van der Waals surface area (Å²) in [5.41, 5.74) is -0.334. The van der Waals surface area contributed by atoms with Gasteiger partial charge in [-0.1, -0.05) is 11.6 Å². The first-order valence-electron chi connectivity index (χ1n) is 7.54. The number of fused-ring (bicyclic) bond motifs is 1. The number of ether oxygens (including phenoxy) is 2. The van der Waals surface area contributed by atoms with Crippen molar-refractivity contribution in [2.45, 2.75) is 44.9 Å². The van der Waals surface area contributed by atoms with E-state index in [0.29, 0.717) is 16.5 Å². The number of hydrogen-bond donors (Lipinski definition) is 3. The zero-order valence-electron chi connectivity index (χ0n) is 14.0. The Balaban J connectivity index is 2.08. The minimum atomic E-state index is -1.36. The van der Waals surface area contributed by atoms with Gasteiger partial charge in [-0.3, -0.25) is 4.79 Å². The van der Waals surface area contributed by atoms with Crippen molar-refractivity contribution < 1.29 is 29.0 Å². The number of anilines is 1. The first-order valence-corrected chi connectivity index (χ1v) is 7.92. The van der Waals surface area contributed by atoms with Crippen molar-refractivity contribution in [1.82, 2.24) is 5.32 Å². The minimum absolute atomic E-state index is 0.271. The molecule has 25 heavy (non-hydrogen) atoms. The van der Waals surface area contributed by atoms with Crippen LogP contribution in [-0.4, -0.2) is 40.8 Å². The summed E-state index contributed by atoms with van der Waals surface area (Å²) in [6.07, 6.45) is -2.26. The molecule has 0 fully saturated rings. The maximum atomic E-state index is 12.1. The van der Waals surface area contributed by atoms with Crippen molar-refractivity contribution >= 4 is 35.3 Å². The molecule has 0 bridgehead atoms. The number of alkyl carbamates (subject to hydrolysis) is 1. The predicted molar refractivity (Wildman–Crippen MR) is 89.9 cm³/mol. The summed E-state index contributed by atoms with van der Waals surface area (Å²) < 4.78 is 10.6. The van der Waals surface area contributed by atoms with E-state index < -0.39 is 35.7 Å². The Kier molecular flexibility index (Phi) is 5.42. The van der Waals surface area contributed by atoms with Crippen LogP contribution in [0.5, 0.6) is 5.75 Å². The van der Waals surface area contributed by atoms with Crippen LogP contribution >= 0.6 is 11.6 Å². The van der Waals surface area contributed by atoms with E-state index in [0.717, 1.165) is 0 Å². The van der Waals surface area contributed by atoms with E-state index in [1.807, 2.05) is 0 Å². The first-order chi connectivity index (χ1) is 11.5. The molecule has 0 spiro atoms. The van der Waals surface area contributed by atoms with Crippen molar-refractivity contribution in [3.05, 3.63) is 23.2 Å². The average molecular weight is 371 g/mol. The van der Waals surface area contributed by atoms with Gasteiger partial charge in [0, 0.05) is 17.5 Å². The predicted octanol–water partition coefficient (Wildman–Crippen LogP) is 2.41. The molecule has 1 aliphatic rings. The largest absolute Gasteiger partial charge is 0.480 e. The van der Waals surface area contributed by atoms with E-state index >= 15 is 0 Å². The zero-order chi connectivity index (χ0) is 18.8. The molecule has 8 nitrogen and oxygen atoms in total. The Morgan fingerprint density at radius 3 is 2.72 bits per heavy atom. The van der Waals surface area contributed by atoms with Crippen LogP contribution in [0.3, 0.4) is 0 Å². The molecule has 2 atom stereocenters. The molecule has 1 heterocycles. The number of carboxylic acid groups (broad SMARTS) is 1. The topological polar surface area (TPSA) is 114 Å². The molecule has 3 N–H and O–H groups in total. The molecule has 0 saturated heterocycles. The fraction of sp³-hybridized carbons (Fsp3) is 0.438. The molecule has 136 valence electrons. The van der Waals surface area contributed by atoms with Crippen LogP contribution < -0.4 is 15.4 Å². The number of carbonyl (C=O) groups is 3. The van der Waals surface area contributed by atoms with Gasteiger partial charge >= 0.3 is 12.1 Å². The monoisotopic (exact) mass is 370 g/mol. The second-order valence-corrected chi connectivity index (χ2v) is 6.95. The Hall–Kier alpha value is -2.48. The molecule has 0 aromatic heterocycles. The van der Waals surface area contributed by atoms with Gasteiger partial charge in [0.1, 0.15) is 17.4 Å². The van der Waals surface area contributed by atoms with Crippen LogP contribution in [-0.2, 0) is 14.3 Å². The Labute approximate surface area is 149 Å². The van der Waals surface area contributed by atoms with Crippen LogP contribution in [0, 0.1) is 0 Å². The fourth-order valence-corrected chi connectivity index (χ4v) is 2.32. The summed E-state index contributed by atoms with van der Waals surface area (Å²) in [4.78, 5) is 35.3. The van der Waals surface area contributed by atoms with Gasteiger partial charge in [0.2, 0.25) is 0 Å². The van der Waals surface area contributed by atoms with Crippen LogP contribution in [0.4, 0.5) is 10.5 Å². The van der Waals surface area contributed by atoms with E-state index in [1.54, 1.807) is 32.9 Å². The lowest BCUT2D eigenvalue weighted by Gasteiger charge is -2.28. The van der Waals surface area contributed by atoms with Crippen molar-refractivity contribution in [2.75, 3.05) is 5.32 Å². The van der Waals surface area contributed by atoms with Crippen LogP contribution in [0.2, 0.25) is 5.02 Å². The lowest BCUT2D eigenvalue weighted by molar-refractivity contribution is -0.140. The molecule has 1 aromatic carbocycles. The Morgan fingerprint density at radius 2 is 2.12 bits per heavy atom. The Morgan fingerprint density at radius 1 is 1.44 bits per heavy atom. The standard InChI is InChI=1S/C16H19ClN2O6/c1-16(2,3)25-15(23)19-10(14(21)22)7-12-13(20)18-9-5-4-8(17)6-11(9)24-12/h4-6,10,12H,7H2,1-3H3,(H,18,20)(H,19,23)(H,21,22)/t10?,12-/m0/s1. The number of amides is 2.